The highest BCUT2D eigenvalue weighted by molar-refractivity contribution is 6.00. The molecule has 0 spiro atoms. The molecule has 6 aliphatic rings. The maximum Gasteiger partial charge on any atom is 0.309 e. The highest BCUT2D eigenvalue weighted by Crippen LogP contribution is 2.77. The normalized spacial score (nSPS) is 40.1. The number of rotatable bonds is 10. The molecule has 9 heteroatoms. The molecule has 0 amide bonds. The van der Waals surface area contributed by atoms with Crippen molar-refractivity contribution in [1.82, 2.24) is 9.80 Å². The fraction of sp³-hybridized carbons (Fsp3) is 0.884. The summed E-state index contributed by atoms with van der Waals surface area (Å²) >= 11 is 0. The summed E-state index contributed by atoms with van der Waals surface area (Å²) in [5, 5.41) is 31.4. The van der Waals surface area contributed by atoms with E-state index in [9.17, 15) is 29.7 Å². The molecule has 0 aromatic carbocycles. The Kier molecular flexibility index (Phi) is 10.5. The number of aliphatic hydroxyl groups is 2. The van der Waals surface area contributed by atoms with Gasteiger partial charge in [-0.25, -0.2) is 0 Å². The topological polar surface area (TPSA) is 128 Å². The number of carbonyl (C=O) groups excluding carboxylic acids is 2. The number of carboxylic acid groups (broad SMARTS) is 1. The van der Waals surface area contributed by atoms with Gasteiger partial charge in [0.1, 0.15) is 6.10 Å². The number of aliphatic carboxylic acids is 1. The Morgan fingerprint density at radius 3 is 2.15 bits per heavy atom. The average Bonchev–Trinajstić information content (AvgIpc) is 3.37. The van der Waals surface area contributed by atoms with Crippen molar-refractivity contribution in [3.63, 3.8) is 0 Å². The zero-order valence-corrected chi connectivity index (χ0v) is 33.9. The number of esters is 1. The number of piperazine rings is 1. The van der Waals surface area contributed by atoms with Crippen LogP contribution in [0.4, 0.5) is 0 Å². The minimum absolute atomic E-state index is 0.000990. The highest BCUT2D eigenvalue weighted by Gasteiger charge is 2.71. The summed E-state index contributed by atoms with van der Waals surface area (Å²) in [4.78, 5) is 43.6. The molecular formula is C43H70N2O7. The molecule has 3 N–H and O–H groups in total. The molecule has 5 fully saturated rings. The van der Waals surface area contributed by atoms with Crippen LogP contribution in [0, 0.1) is 56.2 Å². The molecule has 1 saturated heterocycles. The number of hydrogen-bond donors (Lipinski definition) is 3. The molecule has 294 valence electrons. The number of carbonyl (C=O) groups is 3. The Balaban J connectivity index is 1.26. The van der Waals surface area contributed by atoms with Crippen LogP contribution in [-0.4, -0.2) is 101 Å². The van der Waals surface area contributed by atoms with Crippen molar-refractivity contribution < 1.29 is 34.4 Å². The van der Waals surface area contributed by atoms with Gasteiger partial charge in [0.2, 0.25) is 0 Å². The summed E-state index contributed by atoms with van der Waals surface area (Å²) in [5.74, 6) is 0.111. The standard InChI is InChI=1S/C43H70N2O7/c1-27(2)35-29(47)24-43(32(48)26-45-20-18-44(19-21-45)22-23-46)17-16-41(8)28(36(35)43)10-11-31-40(7)14-13-33(52-34(49)25-38(3,4)37(50)51)39(5,6)30(40)12-15-42(31,41)9/h27-28,30-33,46,48H,10-26H2,1-9H3,(H,50,51)/t28?,30-,31+,32?,33-,40-,41+,42?,43-/m0/s1. The van der Waals surface area contributed by atoms with Gasteiger partial charge in [-0.1, -0.05) is 54.0 Å². The number of Topliss-reactive ketones (excluding diaryl/α,β-unsaturated/α-hetero) is 1. The highest BCUT2D eigenvalue weighted by atomic mass is 16.5. The summed E-state index contributed by atoms with van der Waals surface area (Å²) in [6.07, 6.45) is 7.38. The van der Waals surface area contributed by atoms with E-state index in [2.05, 4.69) is 58.3 Å². The van der Waals surface area contributed by atoms with Gasteiger partial charge in [-0.3, -0.25) is 24.2 Å². The fourth-order valence-electron chi connectivity index (χ4n) is 13.7. The van der Waals surface area contributed by atoms with E-state index in [1.807, 2.05) is 0 Å². The quantitative estimate of drug-likeness (QED) is 0.221. The summed E-state index contributed by atoms with van der Waals surface area (Å²) < 4.78 is 6.17. The number of ether oxygens (including phenoxy) is 1. The molecule has 1 heterocycles. The van der Waals surface area contributed by atoms with E-state index >= 15 is 0 Å². The second-order valence-corrected chi connectivity index (χ2v) is 20.4. The summed E-state index contributed by atoms with van der Waals surface area (Å²) in [6, 6.07) is 0. The number of allylic oxidation sites excluding steroid dienone is 1. The molecule has 1 aliphatic heterocycles. The van der Waals surface area contributed by atoms with Crippen molar-refractivity contribution in [3.8, 4) is 0 Å². The van der Waals surface area contributed by atoms with E-state index in [0.29, 0.717) is 31.3 Å². The molecule has 0 bridgehead atoms. The summed E-state index contributed by atoms with van der Waals surface area (Å²) in [7, 11) is 0. The van der Waals surface area contributed by atoms with Crippen LogP contribution >= 0.6 is 0 Å². The van der Waals surface area contributed by atoms with Crippen molar-refractivity contribution in [1.29, 1.82) is 0 Å². The van der Waals surface area contributed by atoms with Gasteiger partial charge in [-0.05, 0) is 111 Å². The van der Waals surface area contributed by atoms with Crippen molar-refractivity contribution in [2.45, 2.75) is 139 Å². The van der Waals surface area contributed by atoms with Crippen molar-refractivity contribution >= 4 is 17.7 Å². The van der Waals surface area contributed by atoms with Crippen molar-refractivity contribution in [2.24, 2.45) is 56.2 Å². The smallest absolute Gasteiger partial charge is 0.309 e. The Hall–Kier alpha value is -1.81. The summed E-state index contributed by atoms with van der Waals surface area (Å²) in [5.41, 5.74) is 0.567. The minimum Gasteiger partial charge on any atom is -0.481 e. The zero-order chi connectivity index (χ0) is 38.2. The lowest BCUT2D eigenvalue weighted by Gasteiger charge is -2.72. The SMILES string of the molecule is CC(C)C1=C2C3CC[C@H]4C(C)(CC[C@H]5C(C)(C)[C@@H](OC(=O)CC(C)(C)C(=O)O)CC[C@@]54C)[C@]3(C)CC[C@@]2(C(O)CN2CCN(CCO)CC2)CC1=O. The number of ketones is 1. The van der Waals surface area contributed by atoms with E-state index in [4.69, 9.17) is 4.74 Å². The third-order valence-corrected chi connectivity index (χ3v) is 16.8. The van der Waals surface area contributed by atoms with Gasteiger partial charge in [0.15, 0.2) is 5.78 Å². The second-order valence-electron chi connectivity index (χ2n) is 20.4. The van der Waals surface area contributed by atoms with Crippen LogP contribution in [0.5, 0.6) is 0 Å². The lowest BCUT2D eigenvalue weighted by molar-refractivity contribution is -0.235. The molecule has 9 nitrogen and oxygen atoms in total. The molecule has 0 radical (unpaired) electrons. The average molecular weight is 727 g/mol. The van der Waals surface area contributed by atoms with Gasteiger partial charge in [0.25, 0.3) is 0 Å². The van der Waals surface area contributed by atoms with Gasteiger partial charge < -0.3 is 20.1 Å². The zero-order valence-electron chi connectivity index (χ0n) is 33.9. The van der Waals surface area contributed by atoms with Crippen LogP contribution in [0.15, 0.2) is 11.1 Å². The molecular weight excluding hydrogens is 656 g/mol. The van der Waals surface area contributed by atoms with Crippen molar-refractivity contribution in [2.75, 3.05) is 45.9 Å². The van der Waals surface area contributed by atoms with Gasteiger partial charge in [0.05, 0.1) is 24.5 Å². The Bertz CT molecular complexity index is 1450. The Morgan fingerprint density at radius 2 is 1.54 bits per heavy atom. The monoisotopic (exact) mass is 727 g/mol. The van der Waals surface area contributed by atoms with Gasteiger partial charge >= 0.3 is 11.9 Å². The fourth-order valence-corrected chi connectivity index (χ4v) is 13.7. The number of carboxylic acids is 1. The molecule has 3 unspecified atom stereocenters. The van der Waals surface area contributed by atoms with Gasteiger partial charge in [0, 0.05) is 56.5 Å². The first-order chi connectivity index (χ1) is 24.2. The first-order valence-electron chi connectivity index (χ1n) is 20.6. The molecule has 9 atom stereocenters. The second kappa shape index (κ2) is 13.7. The van der Waals surface area contributed by atoms with E-state index in [1.165, 1.54) is 5.57 Å². The van der Waals surface area contributed by atoms with Crippen LogP contribution in [0.25, 0.3) is 0 Å². The molecule has 52 heavy (non-hydrogen) atoms. The third-order valence-electron chi connectivity index (χ3n) is 16.8. The first kappa shape index (κ1) is 39.9. The van der Waals surface area contributed by atoms with E-state index in [1.54, 1.807) is 13.8 Å². The number of nitrogens with zero attached hydrogens (tertiary/aromatic N) is 2. The van der Waals surface area contributed by atoms with Crippen LogP contribution in [0.1, 0.15) is 127 Å². The lowest BCUT2D eigenvalue weighted by atomic mass is 9.33. The predicted molar refractivity (Wildman–Crippen MR) is 201 cm³/mol. The van der Waals surface area contributed by atoms with E-state index in [0.717, 1.165) is 83.1 Å². The molecule has 0 aromatic rings. The molecule has 5 aliphatic carbocycles. The van der Waals surface area contributed by atoms with Crippen LogP contribution in [0.2, 0.25) is 0 Å². The maximum absolute atomic E-state index is 14.1. The van der Waals surface area contributed by atoms with Gasteiger partial charge in [-0.2, -0.15) is 0 Å². The van der Waals surface area contributed by atoms with E-state index < -0.39 is 28.9 Å². The molecule has 0 aromatic heterocycles. The summed E-state index contributed by atoms with van der Waals surface area (Å²) in [6.45, 7) is 24.7. The molecule has 6 rings (SSSR count). The third kappa shape index (κ3) is 6.14. The van der Waals surface area contributed by atoms with E-state index in [-0.39, 0.29) is 58.4 Å². The van der Waals surface area contributed by atoms with Crippen LogP contribution in [0.3, 0.4) is 0 Å². The van der Waals surface area contributed by atoms with Crippen LogP contribution < -0.4 is 0 Å². The van der Waals surface area contributed by atoms with Crippen LogP contribution in [-0.2, 0) is 19.1 Å². The lowest BCUT2D eigenvalue weighted by Crippen LogP contribution is -2.66. The van der Waals surface area contributed by atoms with Gasteiger partial charge in [-0.15, -0.1) is 0 Å². The number of hydrogen-bond acceptors (Lipinski definition) is 8. The molecule has 4 saturated carbocycles. The minimum atomic E-state index is -1.16. The Labute approximate surface area is 313 Å². The van der Waals surface area contributed by atoms with Crippen molar-refractivity contribution in [3.05, 3.63) is 11.1 Å². The largest absolute Gasteiger partial charge is 0.481 e. The Morgan fingerprint density at radius 1 is 0.885 bits per heavy atom. The maximum atomic E-state index is 14.1. The first-order valence-corrected chi connectivity index (χ1v) is 20.6. The number of aliphatic hydroxyl groups excluding tert-OH is 2. The predicted octanol–water partition coefficient (Wildman–Crippen LogP) is 6.35. The number of fused-ring (bicyclic) bond motifs is 7. The number of β-amino-alcohol motifs (C(OH)–C–C–N with tert-alkyl or cyclic N) is 2.